The molecule has 1 heterocycles. The Morgan fingerprint density at radius 2 is 2.38 bits per heavy atom. The fraction of sp³-hybridized carbons (Fsp3) is 0.286. The van der Waals surface area contributed by atoms with E-state index in [9.17, 15) is 4.79 Å². The van der Waals surface area contributed by atoms with Crippen LogP contribution in [0, 0.1) is 0 Å². The standard InChI is InChI=1S/C7H6Br2ClNOS/c8-3-7(9,6(11)12)4-1-2-13-5(4)10/h1-2H,3H2,(H2,11,12). The van der Waals surface area contributed by atoms with Crippen molar-refractivity contribution < 1.29 is 4.79 Å². The number of rotatable bonds is 3. The molecule has 2 nitrogen and oxygen atoms in total. The van der Waals surface area contributed by atoms with Crippen LogP contribution in [0.25, 0.3) is 0 Å². The Bertz CT molecular complexity index is 330. The predicted octanol–water partition coefficient (Wildman–Crippen LogP) is 2.87. The maximum Gasteiger partial charge on any atom is 0.239 e. The highest BCUT2D eigenvalue weighted by atomic mass is 79.9. The van der Waals surface area contributed by atoms with Crippen LogP contribution in [0.15, 0.2) is 11.4 Å². The van der Waals surface area contributed by atoms with E-state index in [0.717, 1.165) is 0 Å². The summed E-state index contributed by atoms with van der Waals surface area (Å²) in [5.41, 5.74) is 5.98. The molecule has 2 N–H and O–H groups in total. The van der Waals surface area contributed by atoms with E-state index in [0.29, 0.717) is 15.2 Å². The summed E-state index contributed by atoms with van der Waals surface area (Å²) in [6.07, 6.45) is 0. The highest BCUT2D eigenvalue weighted by Gasteiger charge is 2.36. The van der Waals surface area contributed by atoms with Gasteiger partial charge in [-0.1, -0.05) is 43.5 Å². The fourth-order valence-corrected chi connectivity index (χ4v) is 3.07. The number of carbonyl (C=O) groups excluding carboxylic acids is 1. The Hall–Kier alpha value is 0.420. The highest BCUT2D eigenvalue weighted by Crippen LogP contribution is 2.39. The number of nitrogens with two attached hydrogens (primary N) is 1. The van der Waals surface area contributed by atoms with Crippen molar-refractivity contribution in [2.45, 2.75) is 4.32 Å². The van der Waals surface area contributed by atoms with Gasteiger partial charge in [-0.05, 0) is 11.4 Å². The first-order valence-corrected chi connectivity index (χ1v) is 6.48. The zero-order valence-corrected chi connectivity index (χ0v) is 11.1. The zero-order valence-electron chi connectivity index (χ0n) is 6.39. The molecule has 6 heteroatoms. The molecule has 0 bridgehead atoms. The van der Waals surface area contributed by atoms with E-state index >= 15 is 0 Å². The van der Waals surface area contributed by atoms with Crippen molar-refractivity contribution in [1.82, 2.24) is 0 Å². The quantitative estimate of drug-likeness (QED) is 0.840. The van der Waals surface area contributed by atoms with Crippen LogP contribution in [0.1, 0.15) is 5.56 Å². The van der Waals surface area contributed by atoms with E-state index in [4.69, 9.17) is 17.3 Å². The third-order valence-corrected chi connectivity index (χ3v) is 5.48. The third kappa shape index (κ3) is 2.09. The van der Waals surface area contributed by atoms with Crippen LogP contribution < -0.4 is 5.73 Å². The van der Waals surface area contributed by atoms with Crippen LogP contribution in [0.5, 0.6) is 0 Å². The fourth-order valence-electron chi connectivity index (χ4n) is 0.849. The number of carbonyl (C=O) groups is 1. The minimum atomic E-state index is -0.899. The van der Waals surface area contributed by atoms with E-state index in [2.05, 4.69) is 31.9 Å². The lowest BCUT2D eigenvalue weighted by Gasteiger charge is -2.20. The monoisotopic (exact) mass is 345 g/mol. The van der Waals surface area contributed by atoms with Crippen molar-refractivity contribution in [3.8, 4) is 0 Å². The van der Waals surface area contributed by atoms with E-state index in [1.807, 2.05) is 5.38 Å². The average molecular weight is 347 g/mol. The molecule has 0 aliphatic rings. The average Bonchev–Trinajstić information content (AvgIpc) is 2.50. The molecule has 0 radical (unpaired) electrons. The molecule has 1 amide bonds. The molecule has 0 saturated carbocycles. The Morgan fingerprint density at radius 3 is 2.69 bits per heavy atom. The third-order valence-electron chi connectivity index (χ3n) is 1.62. The predicted molar refractivity (Wildman–Crippen MR) is 62.9 cm³/mol. The van der Waals surface area contributed by atoms with Crippen molar-refractivity contribution >= 4 is 60.7 Å². The van der Waals surface area contributed by atoms with Gasteiger partial charge in [-0.2, -0.15) is 0 Å². The maximum absolute atomic E-state index is 11.2. The zero-order chi connectivity index (χ0) is 10.1. The molecular formula is C7H6Br2ClNOS. The minimum absolute atomic E-state index is 0.395. The van der Waals surface area contributed by atoms with Gasteiger partial charge in [0, 0.05) is 10.9 Å². The molecule has 13 heavy (non-hydrogen) atoms. The molecule has 1 aromatic rings. The molecule has 1 rings (SSSR count). The molecule has 1 atom stereocenters. The first-order valence-electron chi connectivity index (χ1n) is 3.30. The van der Waals surface area contributed by atoms with Crippen molar-refractivity contribution in [2.24, 2.45) is 5.73 Å². The molecule has 0 spiro atoms. The topological polar surface area (TPSA) is 43.1 Å². The van der Waals surface area contributed by atoms with Crippen LogP contribution in [0.2, 0.25) is 4.34 Å². The van der Waals surface area contributed by atoms with E-state index in [1.165, 1.54) is 11.3 Å². The number of halogens is 3. The molecule has 0 fully saturated rings. The van der Waals surface area contributed by atoms with Crippen molar-refractivity contribution in [3.05, 3.63) is 21.3 Å². The summed E-state index contributed by atoms with van der Waals surface area (Å²) >= 11 is 13.8. The Kier molecular flexibility index (Phi) is 3.80. The minimum Gasteiger partial charge on any atom is -0.368 e. The molecule has 1 unspecified atom stereocenters. The van der Waals surface area contributed by atoms with Gasteiger partial charge in [0.2, 0.25) is 5.91 Å². The van der Waals surface area contributed by atoms with Crippen LogP contribution >= 0.6 is 54.8 Å². The van der Waals surface area contributed by atoms with Crippen LogP contribution in [0.4, 0.5) is 0 Å². The summed E-state index contributed by atoms with van der Waals surface area (Å²) in [7, 11) is 0. The number of thiophene rings is 1. The Morgan fingerprint density at radius 1 is 1.77 bits per heavy atom. The smallest absolute Gasteiger partial charge is 0.239 e. The lowest BCUT2D eigenvalue weighted by molar-refractivity contribution is -0.119. The van der Waals surface area contributed by atoms with Gasteiger partial charge in [0.05, 0.1) is 4.34 Å². The number of alkyl halides is 2. The summed E-state index contributed by atoms with van der Waals surface area (Å²) < 4.78 is -0.320. The van der Waals surface area contributed by atoms with E-state index in [1.54, 1.807) is 6.07 Å². The molecular weight excluding hydrogens is 341 g/mol. The van der Waals surface area contributed by atoms with Crippen molar-refractivity contribution in [2.75, 3.05) is 5.33 Å². The van der Waals surface area contributed by atoms with Crippen molar-refractivity contribution in [1.29, 1.82) is 0 Å². The van der Waals surface area contributed by atoms with Gasteiger partial charge >= 0.3 is 0 Å². The SMILES string of the molecule is NC(=O)C(Br)(CBr)c1ccsc1Cl. The van der Waals surface area contributed by atoms with Crippen molar-refractivity contribution in [3.63, 3.8) is 0 Å². The van der Waals surface area contributed by atoms with E-state index in [-0.39, 0.29) is 0 Å². The lowest BCUT2D eigenvalue weighted by atomic mass is 10.0. The number of hydrogen-bond donors (Lipinski definition) is 1. The highest BCUT2D eigenvalue weighted by molar-refractivity contribution is 9.12. The molecule has 0 aromatic carbocycles. The molecule has 0 aliphatic carbocycles. The Balaban J connectivity index is 3.17. The largest absolute Gasteiger partial charge is 0.368 e. The molecule has 1 aromatic heterocycles. The second-order valence-corrected chi connectivity index (χ2v) is 5.84. The second kappa shape index (κ2) is 4.29. The van der Waals surface area contributed by atoms with Crippen LogP contribution in [-0.2, 0) is 9.12 Å². The summed E-state index contributed by atoms with van der Waals surface area (Å²) in [5, 5.41) is 2.21. The van der Waals surface area contributed by atoms with Gasteiger partial charge in [0.25, 0.3) is 0 Å². The molecule has 0 aliphatic heterocycles. The van der Waals surface area contributed by atoms with Gasteiger partial charge < -0.3 is 5.73 Å². The van der Waals surface area contributed by atoms with Gasteiger partial charge in [-0.15, -0.1) is 11.3 Å². The van der Waals surface area contributed by atoms with Gasteiger partial charge in [-0.3, -0.25) is 4.79 Å². The first-order chi connectivity index (χ1) is 6.02. The van der Waals surface area contributed by atoms with Crippen LogP contribution in [0.3, 0.4) is 0 Å². The maximum atomic E-state index is 11.2. The van der Waals surface area contributed by atoms with Gasteiger partial charge in [0.15, 0.2) is 0 Å². The summed E-state index contributed by atoms with van der Waals surface area (Å²) in [4.78, 5) is 11.2. The van der Waals surface area contributed by atoms with E-state index < -0.39 is 10.2 Å². The summed E-state index contributed by atoms with van der Waals surface area (Å²) in [6.45, 7) is 0. The van der Waals surface area contributed by atoms with Crippen LogP contribution in [-0.4, -0.2) is 11.2 Å². The lowest BCUT2D eigenvalue weighted by Crippen LogP contribution is -2.37. The number of primary amides is 1. The summed E-state index contributed by atoms with van der Waals surface area (Å²) in [6, 6.07) is 1.79. The second-order valence-electron chi connectivity index (χ2n) is 2.41. The van der Waals surface area contributed by atoms with Gasteiger partial charge in [-0.25, -0.2) is 0 Å². The molecule has 72 valence electrons. The number of amides is 1. The summed E-state index contributed by atoms with van der Waals surface area (Å²) in [5.74, 6) is -0.454. The Labute approximate surface area is 102 Å². The molecule has 0 saturated heterocycles. The first kappa shape index (κ1) is 11.5. The normalized spacial score (nSPS) is 15.3. The number of hydrogen-bond acceptors (Lipinski definition) is 2. The van der Waals surface area contributed by atoms with Gasteiger partial charge in [0.1, 0.15) is 4.32 Å².